The molecular weight excluding hydrogens is 381 g/mol. The molecule has 4 nitrogen and oxygen atoms in total. The van der Waals surface area contributed by atoms with Crippen molar-refractivity contribution in [3.8, 4) is 0 Å². The lowest BCUT2D eigenvalue weighted by Gasteiger charge is -2.36. The van der Waals surface area contributed by atoms with E-state index in [4.69, 9.17) is 0 Å². The van der Waals surface area contributed by atoms with Crippen LogP contribution in [0.3, 0.4) is 0 Å². The summed E-state index contributed by atoms with van der Waals surface area (Å²) in [6, 6.07) is 2.92. The first-order chi connectivity index (χ1) is 13.2. The molecule has 3 rings (SSSR count). The summed E-state index contributed by atoms with van der Waals surface area (Å²) in [4.78, 5) is 16.0. The molecular formula is C19H24F5N3O. The first-order valence-electron chi connectivity index (χ1n) is 9.50. The van der Waals surface area contributed by atoms with Crippen LogP contribution in [-0.2, 0) is 4.79 Å². The summed E-state index contributed by atoms with van der Waals surface area (Å²) < 4.78 is 65.3. The molecule has 0 spiro atoms. The zero-order valence-electron chi connectivity index (χ0n) is 15.4. The lowest BCUT2D eigenvalue weighted by Crippen LogP contribution is -2.51. The van der Waals surface area contributed by atoms with Crippen molar-refractivity contribution >= 4 is 11.6 Å². The number of hydrogen-bond donors (Lipinski definition) is 1. The van der Waals surface area contributed by atoms with E-state index >= 15 is 0 Å². The van der Waals surface area contributed by atoms with Crippen molar-refractivity contribution in [2.75, 3.05) is 37.6 Å². The predicted octanol–water partition coefficient (Wildman–Crippen LogP) is 3.32. The lowest BCUT2D eigenvalue weighted by molar-refractivity contribution is -0.184. The van der Waals surface area contributed by atoms with Gasteiger partial charge in [0.25, 0.3) is 0 Å². The van der Waals surface area contributed by atoms with E-state index in [1.807, 2.05) is 9.80 Å². The molecule has 1 aliphatic heterocycles. The second-order valence-electron chi connectivity index (χ2n) is 7.56. The number of piperazine rings is 1. The molecule has 2 aliphatic rings. The maximum atomic E-state index is 13.4. The molecule has 28 heavy (non-hydrogen) atoms. The van der Waals surface area contributed by atoms with Gasteiger partial charge in [-0.2, -0.15) is 13.2 Å². The number of carbonyl (C=O) groups excluding carboxylic acids is 1. The zero-order chi connectivity index (χ0) is 20.3. The second kappa shape index (κ2) is 8.63. The molecule has 2 atom stereocenters. The molecule has 1 aliphatic carbocycles. The minimum atomic E-state index is -4.21. The van der Waals surface area contributed by atoms with E-state index in [0.717, 1.165) is 6.07 Å². The first-order valence-corrected chi connectivity index (χ1v) is 9.50. The summed E-state index contributed by atoms with van der Waals surface area (Å²) in [5.41, 5.74) is 0.460. The van der Waals surface area contributed by atoms with Gasteiger partial charge in [-0.3, -0.25) is 9.69 Å². The number of alkyl halides is 3. The number of rotatable bonds is 4. The zero-order valence-corrected chi connectivity index (χ0v) is 15.4. The Morgan fingerprint density at radius 2 is 1.68 bits per heavy atom. The van der Waals surface area contributed by atoms with Crippen molar-refractivity contribution < 1.29 is 26.7 Å². The van der Waals surface area contributed by atoms with Crippen LogP contribution < -0.4 is 10.2 Å². The fourth-order valence-corrected chi connectivity index (χ4v) is 3.98. The molecule has 0 bridgehead atoms. The quantitative estimate of drug-likeness (QED) is 0.781. The maximum Gasteiger partial charge on any atom is 0.391 e. The largest absolute Gasteiger partial charge is 0.391 e. The van der Waals surface area contributed by atoms with E-state index in [1.165, 1.54) is 12.1 Å². The molecule has 1 aromatic carbocycles. The topological polar surface area (TPSA) is 35.6 Å². The van der Waals surface area contributed by atoms with Crippen molar-refractivity contribution in [1.29, 1.82) is 0 Å². The van der Waals surface area contributed by atoms with Crippen LogP contribution in [-0.4, -0.2) is 55.7 Å². The maximum absolute atomic E-state index is 13.4. The number of nitrogens with one attached hydrogen (secondary N) is 1. The Morgan fingerprint density at radius 1 is 1.04 bits per heavy atom. The normalized spacial score (nSPS) is 24.2. The molecule has 1 aromatic rings. The Hall–Kier alpha value is -1.90. The Labute approximate surface area is 160 Å². The highest BCUT2D eigenvalue weighted by Gasteiger charge is 2.42. The summed E-state index contributed by atoms with van der Waals surface area (Å²) in [6.45, 7) is 2.19. The van der Waals surface area contributed by atoms with E-state index in [2.05, 4.69) is 5.32 Å². The Balaban J connectivity index is 1.45. The Morgan fingerprint density at radius 3 is 2.29 bits per heavy atom. The van der Waals surface area contributed by atoms with Gasteiger partial charge in [-0.1, -0.05) is 6.42 Å². The smallest absolute Gasteiger partial charge is 0.369 e. The highest BCUT2D eigenvalue weighted by molar-refractivity contribution is 5.78. The van der Waals surface area contributed by atoms with Crippen LogP contribution in [0.1, 0.15) is 25.7 Å². The third-order valence-corrected chi connectivity index (χ3v) is 5.45. The van der Waals surface area contributed by atoms with Crippen LogP contribution in [0.2, 0.25) is 0 Å². The van der Waals surface area contributed by atoms with Gasteiger partial charge < -0.3 is 10.2 Å². The van der Waals surface area contributed by atoms with Gasteiger partial charge in [0.05, 0.1) is 12.5 Å². The monoisotopic (exact) mass is 405 g/mol. The Bertz CT molecular complexity index is 668. The highest BCUT2D eigenvalue weighted by Crippen LogP contribution is 2.37. The summed E-state index contributed by atoms with van der Waals surface area (Å²) in [5.74, 6) is -2.90. The standard InChI is InChI=1S/C19H24F5N3O/c20-14-9-15(21)11-17(10-14)27-6-4-26(5-7-27)12-18(28)25-16-3-1-2-13(8-16)19(22,23)24/h9-11,13,16H,1-8,12H2,(H,25,28). The third-order valence-electron chi connectivity index (χ3n) is 5.45. The van der Waals surface area contributed by atoms with Crippen LogP contribution in [0.5, 0.6) is 0 Å². The van der Waals surface area contributed by atoms with Gasteiger partial charge in [0, 0.05) is 44.0 Å². The van der Waals surface area contributed by atoms with Gasteiger partial charge in [-0.25, -0.2) is 8.78 Å². The summed E-state index contributed by atoms with van der Waals surface area (Å²) >= 11 is 0. The van der Waals surface area contributed by atoms with E-state index in [0.29, 0.717) is 44.7 Å². The van der Waals surface area contributed by atoms with Gasteiger partial charge >= 0.3 is 6.18 Å². The summed E-state index contributed by atoms with van der Waals surface area (Å²) in [7, 11) is 0. The number of nitrogens with zero attached hydrogens (tertiary/aromatic N) is 2. The molecule has 0 radical (unpaired) electrons. The van der Waals surface area contributed by atoms with Crippen LogP contribution in [0, 0.1) is 17.6 Å². The molecule has 2 unspecified atom stereocenters. The molecule has 9 heteroatoms. The number of amides is 1. The van der Waals surface area contributed by atoms with Crippen LogP contribution in [0.4, 0.5) is 27.6 Å². The number of anilines is 1. The minimum absolute atomic E-state index is 0.0614. The number of hydrogen-bond acceptors (Lipinski definition) is 3. The second-order valence-corrected chi connectivity index (χ2v) is 7.56. The predicted molar refractivity (Wildman–Crippen MR) is 95.0 cm³/mol. The molecule has 1 heterocycles. The number of benzene rings is 1. The molecule has 1 N–H and O–H groups in total. The fourth-order valence-electron chi connectivity index (χ4n) is 3.98. The van der Waals surface area contributed by atoms with E-state index < -0.39 is 29.8 Å². The van der Waals surface area contributed by atoms with Crippen molar-refractivity contribution in [3.63, 3.8) is 0 Å². The lowest BCUT2D eigenvalue weighted by atomic mass is 9.85. The number of carbonyl (C=O) groups is 1. The van der Waals surface area contributed by atoms with E-state index in [1.54, 1.807) is 0 Å². The van der Waals surface area contributed by atoms with Crippen LogP contribution in [0.15, 0.2) is 18.2 Å². The summed E-state index contributed by atoms with van der Waals surface area (Å²) in [5, 5.41) is 2.73. The minimum Gasteiger partial charge on any atom is -0.369 e. The van der Waals surface area contributed by atoms with Gasteiger partial charge in [0.1, 0.15) is 11.6 Å². The van der Waals surface area contributed by atoms with Crippen molar-refractivity contribution in [2.45, 2.75) is 37.9 Å². The molecule has 1 saturated carbocycles. The van der Waals surface area contributed by atoms with Crippen LogP contribution >= 0.6 is 0 Å². The van der Waals surface area contributed by atoms with Crippen molar-refractivity contribution in [1.82, 2.24) is 10.2 Å². The van der Waals surface area contributed by atoms with Gasteiger partial charge in [-0.05, 0) is 31.4 Å². The molecule has 1 amide bonds. The van der Waals surface area contributed by atoms with Gasteiger partial charge in [-0.15, -0.1) is 0 Å². The molecule has 2 fully saturated rings. The molecule has 0 aromatic heterocycles. The average Bonchev–Trinajstić information content (AvgIpc) is 2.61. The van der Waals surface area contributed by atoms with Crippen molar-refractivity contribution in [2.24, 2.45) is 5.92 Å². The first kappa shape index (κ1) is 20.8. The Kier molecular flexibility index (Phi) is 6.42. The average molecular weight is 405 g/mol. The van der Waals surface area contributed by atoms with Crippen LogP contribution in [0.25, 0.3) is 0 Å². The highest BCUT2D eigenvalue weighted by atomic mass is 19.4. The number of halogens is 5. The van der Waals surface area contributed by atoms with Gasteiger partial charge in [0.15, 0.2) is 0 Å². The third kappa shape index (κ3) is 5.56. The van der Waals surface area contributed by atoms with E-state index in [9.17, 15) is 26.7 Å². The fraction of sp³-hybridized carbons (Fsp3) is 0.632. The molecule has 156 valence electrons. The molecule has 1 saturated heterocycles. The SMILES string of the molecule is O=C(CN1CCN(c2cc(F)cc(F)c2)CC1)NC1CCCC(C(F)(F)F)C1. The van der Waals surface area contributed by atoms with Crippen molar-refractivity contribution in [3.05, 3.63) is 29.8 Å². The van der Waals surface area contributed by atoms with E-state index in [-0.39, 0.29) is 25.3 Å². The summed E-state index contributed by atoms with van der Waals surface area (Å²) in [6.07, 6.45) is -3.13. The van der Waals surface area contributed by atoms with Gasteiger partial charge in [0.2, 0.25) is 5.91 Å².